The number of hydrogen-bond acceptors (Lipinski definition) is 2. The van der Waals surface area contributed by atoms with Crippen LogP contribution in [0.3, 0.4) is 0 Å². The summed E-state index contributed by atoms with van der Waals surface area (Å²) in [6, 6.07) is 11.9. The Morgan fingerprint density at radius 1 is 1.27 bits per heavy atom. The number of nitrogens with zero attached hydrogens (tertiary/aromatic N) is 2. The van der Waals surface area contributed by atoms with Crippen molar-refractivity contribution in [1.82, 2.24) is 9.78 Å². The minimum Gasteiger partial charge on any atom is -0.345 e. The molecular formula is C12H12N3. The molecule has 0 spiro atoms. The Morgan fingerprint density at radius 3 is 2.80 bits per heavy atom. The van der Waals surface area contributed by atoms with Gasteiger partial charge in [-0.25, -0.2) is 4.68 Å². The average molecular weight is 198 g/mol. The summed E-state index contributed by atoms with van der Waals surface area (Å²) in [6.45, 7) is 1.83. The average Bonchev–Trinajstić information content (AvgIpc) is 2.76. The molecule has 0 aliphatic heterocycles. The van der Waals surface area contributed by atoms with Crippen LogP contribution in [0.2, 0.25) is 0 Å². The molecule has 0 saturated heterocycles. The number of benzene rings is 1. The molecule has 75 valence electrons. The Hall–Kier alpha value is -2.03. The molecule has 0 atom stereocenters. The Morgan fingerprint density at radius 2 is 2.07 bits per heavy atom. The molecule has 2 rings (SSSR count). The van der Waals surface area contributed by atoms with Crippen molar-refractivity contribution >= 4 is 5.82 Å². The van der Waals surface area contributed by atoms with Gasteiger partial charge in [-0.05, 0) is 25.1 Å². The van der Waals surface area contributed by atoms with Gasteiger partial charge in [0.05, 0.1) is 5.69 Å². The summed E-state index contributed by atoms with van der Waals surface area (Å²) in [4.78, 5) is 0. The lowest BCUT2D eigenvalue weighted by Crippen LogP contribution is -1.95. The number of anilines is 1. The lowest BCUT2D eigenvalue weighted by molar-refractivity contribution is 0.884. The second-order valence-electron chi connectivity index (χ2n) is 3.06. The molecule has 2 aromatic rings. The molecule has 1 radical (unpaired) electrons. The Labute approximate surface area is 89.1 Å². The van der Waals surface area contributed by atoms with E-state index >= 15 is 0 Å². The van der Waals surface area contributed by atoms with Crippen LogP contribution in [0.25, 0.3) is 5.69 Å². The highest BCUT2D eigenvalue weighted by Gasteiger charge is 1.97. The van der Waals surface area contributed by atoms with Crippen molar-refractivity contribution in [2.45, 2.75) is 6.92 Å². The molecule has 0 unspecified atom stereocenters. The van der Waals surface area contributed by atoms with E-state index in [0.717, 1.165) is 11.5 Å². The first kappa shape index (κ1) is 9.52. The Balaban J connectivity index is 2.20. The molecule has 0 saturated carbocycles. The highest BCUT2D eigenvalue weighted by atomic mass is 15.3. The highest BCUT2D eigenvalue weighted by Crippen LogP contribution is 2.09. The van der Waals surface area contributed by atoms with Crippen LogP contribution in [0.1, 0.15) is 6.92 Å². The van der Waals surface area contributed by atoms with Crippen molar-refractivity contribution < 1.29 is 0 Å². The van der Waals surface area contributed by atoms with Crippen molar-refractivity contribution in [3.05, 3.63) is 54.9 Å². The minimum absolute atomic E-state index is 0.813. The van der Waals surface area contributed by atoms with E-state index in [-0.39, 0.29) is 0 Å². The van der Waals surface area contributed by atoms with Crippen LogP contribution in [0.15, 0.2) is 48.8 Å². The van der Waals surface area contributed by atoms with Gasteiger partial charge in [0.1, 0.15) is 0 Å². The van der Waals surface area contributed by atoms with Gasteiger partial charge in [-0.3, -0.25) is 0 Å². The first-order valence-corrected chi connectivity index (χ1v) is 4.77. The van der Waals surface area contributed by atoms with Crippen molar-refractivity contribution in [3.63, 3.8) is 0 Å². The van der Waals surface area contributed by atoms with Crippen LogP contribution in [0, 0.1) is 6.08 Å². The fraction of sp³-hybridized carbons (Fsp3) is 0.0833. The van der Waals surface area contributed by atoms with Gasteiger partial charge in [0.15, 0.2) is 5.82 Å². The van der Waals surface area contributed by atoms with Crippen LogP contribution in [-0.2, 0) is 0 Å². The van der Waals surface area contributed by atoms with E-state index in [1.54, 1.807) is 6.20 Å². The molecule has 3 nitrogen and oxygen atoms in total. The normalized spacial score (nSPS) is 10.7. The topological polar surface area (TPSA) is 29.9 Å². The van der Waals surface area contributed by atoms with Gasteiger partial charge in [-0.15, -0.1) is 0 Å². The molecule has 1 aromatic carbocycles. The summed E-state index contributed by atoms with van der Waals surface area (Å²) in [5.74, 6) is 0.813. The fourth-order valence-corrected chi connectivity index (χ4v) is 1.27. The molecule has 15 heavy (non-hydrogen) atoms. The molecule has 0 bridgehead atoms. The number of hydrogen-bond donors (Lipinski definition) is 1. The summed E-state index contributed by atoms with van der Waals surface area (Å²) in [5, 5.41) is 7.37. The fourth-order valence-electron chi connectivity index (χ4n) is 1.27. The summed E-state index contributed by atoms with van der Waals surface area (Å²) >= 11 is 0. The van der Waals surface area contributed by atoms with Gasteiger partial charge in [0.25, 0.3) is 0 Å². The van der Waals surface area contributed by atoms with Crippen LogP contribution < -0.4 is 5.32 Å². The summed E-state index contributed by atoms with van der Waals surface area (Å²) < 4.78 is 1.83. The molecule has 0 aliphatic rings. The van der Waals surface area contributed by atoms with Gasteiger partial charge >= 0.3 is 0 Å². The van der Waals surface area contributed by atoms with Gasteiger partial charge in [-0.2, -0.15) is 5.10 Å². The van der Waals surface area contributed by atoms with Crippen molar-refractivity contribution in [2.75, 3.05) is 5.32 Å². The standard InChI is InChI=1S/C12H12N3/c1-2-9-13-12-8-10-15(14-12)11-6-4-3-5-7-11/h3-10H,1H3,(H,13,14). The zero-order valence-corrected chi connectivity index (χ0v) is 8.51. The summed E-state index contributed by atoms with van der Waals surface area (Å²) in [5.41, 5.74) is 1.05. The third kappa shape index (κ3) is 2.26. The van der Waals surface area contributed by atoms with Gasteiger partial charge < -0.3 is 5.32 Å². The number of rotatable bonds is 3. The van der Waals surface area contributed by atoms with Crippen molar-refractivity contribution in [2.24, 2.45) is 0 Å². The molecule has 1 aromatic heterocycles. The molecule has 0 amide bonds. The predicted molar refractivity (Wildman–Crippen MR) is 60.7 cm³/mol. The van der Waals surface area contributed by atoms with Crippen molar-refractivity contribution in [3.8, 4) is 5.69 Å². The zero-order chi connectivity index (χ0) is 10.5. The lowest BCUT2D eigenvalue weighted by Gasteiger charge is -1.99. The molecule has 1 heterocycles. The summed E-state index contributed by atoms with van der Waals surface area (Å²) in [6.07, 6.45) is 6.53. The van der Waals surface area contributed by atoms with E-state index in [4.69, 9.17) is 0 Å². The first-order valence-electron chi connectivity index (χ1n) is 4.77. The largest absolute Gasteiger partial charge is 0.345 e. The molecule has 0 fully saturated rings. The Kier molecular flexibility index (Phi) is 2.83. The van der Waals surface area contributed by atoms with Crippen LogP contribution in [-0.4, -0.2) is 9.78 Å². The van der Waals surface area contributed by atoms with E-state index in [0.29, 0.717) is 0 Å². The second kappa shape index (κ2) is 4.46. The third-order valence-corrected chi connectivity index (χ3v) is 1.97. The number of para-hydroxylation sites is 1. The van der Waals surface area contributed by atoms with E-state index in [1.165, 1.54) is 0 Å². The molecule has 1 N–H and O–H groups in total. The SMILES string of the molecule is C[C]=CNc1ccn(-c2ccccc2)n1. The highest BCUT2D eigenvalue weighted by molar-refractivity contribution is 5.39. The smallest absolute Gasteiger partial charge is 0.152 e. The maximum absolute atomic E-state index is 4.35. The predicted octanol–water partition coefficient (Wildman–Crippen LogP) is 2.62. The number of nitrogens with one attached hydrogen (secondary N) is 1. The third-order valence-electron chi connectivity index (χ3n) is 1.97. The molecule has 0 aliphatic carbocycles. The zero-order valence-electron chi connectivity index (χ0n) is 8.51. The quantitative estimate of drug-likeness (QED) is 0.821. The van der Waals surface area contributed by atoms with Crippen molar-refractivity contribution in [1.29, 1.82) is 0 Å². The molecular weight excluding hydrogens is 186 g/mol. The second-order valence-corrected chi connectivity index (χ2v) is 3.06. The maximum atomic E-state index is 4.35. The van der Waals surface area contributed by atoms with E-state index in [2.05, 4.69) is 16.5 Å². The van der Waals surface area contributed by atoms with E-state index < -0.39 is 0 Å². The summed E-state index contributed by atoms with van der Waals surface area (Å²) in [7, 11) is 0. The van der Waals surface area contributed by atoms with E-state index in [1.807, 2.05) is 54.2 Å². The van der Waals surface area contributed by atoms with Gasteiger partial charge in [-0.1, -0.05) is 18.2 Å². The molecule has 3 heteroatoms. The van der Waals surface area contributed by atoms with E-state index in [9.17, 15) is 0 Å². The van der Waals surface area contributed by atoms with Crippen LogP contribution >= 0.6 is 0 Å². The monoisotopic (exact) mass is 198 g/mol. The number of aromatic nitrogens is 2. The van der Waals surface area contributed by atoms with Crippen LogP contribution in [0.5, 0.6) is 0 Å². The number of allylic oxidation sites excluding steroid dienone is 1. The van der Waals surface area contributed by atoms with Gasteiger partial charge in [0, 0.05) is 18.5 Å². The Bertz CT molecular complexity index is 443. The van der Waals surface area contributed by atoms with Gasteiger partial charge in [0.2, 0.25) is 0 Å². The first-order chi connectivity index (χ1) is 7.40. The van der Waals surface area contributed by atoms with Crippen LogP contribution in [0.4, 0.5) is 5.82 Å². The lowest BCUT2D eigenvalue weighted by atomic mass is 10.3. The minimum atomic E-state index is 0.813. The maximum Gasteiger partial charge on any atom is 0.152 e.